The van der Waals surface area contributed by atoms with Crippen molar-refractivity contribution < 1.29 is 13.2 Å². The summed E-state index contributed by atoms with van der Waals surface area (Å²) in [5, 5.41) is 0. The average Bonchev–Trinajstić information content (AvgIpc) is 2.57. The van der Waals surface area contributed by atoms with Gasteiger partial charge >= 0.3 is 6.18 Å². The van der Waals surface area contributed by atoms with Crippen LogP contribution in [-0.2, 0) is 13.2 Å². The van der Waals surface area contributed by atoms with Crippen molar-refractivity contribution in [3.05, 3.63) is 36.0 Å². The first-order chi connectivity index (χ1) is 7.88. The average molecular weight is 241 g/mol. The summed E-state index contributed by atoms with van der Waals surface area (Å²) >= 11 is 0. The standard InChI is InChI=1S/C11H10F3N3/c1-17-6-9(15)16-10(17)7-2-4-8(5-3-7)11(12,13)14/h2-6H,15H2,1H3. The maximum atomic E-state index is 12.4. The Morgan fingerprint density at radius 2 is 1.76 bits per heavy atom. The van der Waals surface area contributed by atoms with Crippen molar-refractivity contribution in [2.45, 2.75) is 6.18 Å². The van der Waals surface area contributed by atoms with Gasteiger partial charge in [0.05, 0.1) is 5.56 Å². The molecule has 3 nitrogen and oxygen atoms in total. The molecule has 0 spiro atoms. The van der Waals surface area contributed by atoms with Crippen LogP contribution in [0, 0.1) is 0 Å². The Labute approximate surface area is 95.7 Å². The molecule has 1 aromatic carbocycles. The van der Waals surface area contributed by atoms with E-state index in [2.05, 4.69) is 4.98 Å². The third kappa shape index (κ3) is 2.25. The molecule has 0 aliphatic heterocycles. The molecular weight excluding hydrogens is 231 g/mol. The molecule has 0 atom stereocenters. The summed E-state index contributed by atoms with van der Waals surface area (Å²) in [4.78, 5) is 4.03. The van der Waals surface area contributed by atoms with Crippen LogP contribution >= 0.6 is 0 Å². The van der Waals surface area contributed by atoms with Gasteiger partial charge in [0.2, 0.25) is 0 Å². The lowest BCUT2D eigenvalue weighted by atomic mass is 10.1. The van der Waals surface area contributed by atoms with Crippen LogP contribution in [0.1, 0.15) is 5.56 Å². The topological polar surface area (TPSA) is 43.8 Å². The molecule has 0 radical (unpaired) electrons. The summed E-state index contributed by atoms with van der Waals surface area (Å²) < 4.78 is 38.8. The van der Waals surface area contributed by atoms with E-state index in [4.69, 9.17) is 5.73 Å². The highest BCUT2D eigenvalue weighted by Gasteiger charge is 2.30. The Bertz CT molecular complexity index is 526. The van der Waals surface area contributed by atoms with E-state index in [0.717, 1.165) is 12.1 Å². The molecule has 0 aliphatic carbocycles. The van der Waals surface area contributed by atoms with Crippen LogP contribution in [0.3, 0.4) is 0 Å². The first-order valence-corrected chi connectivity index (χ1v) is 4.84. The number of alkyl halides is 3. The van der Waals surface area contributed by atoms with Crippen molar-refractivity contribution in [2.75, 3.05) is 5.73 Å². The van der Waals surface area contributed by atoms with Crippen molar-refractivity contribution in [3.8, 4) is 11.4 Å². The number of nitrogens with zero attached hydrogens (tertiary/aromatic N) is 2. The number of imidazole rings is 1. The van der Waals surface area contributed by atoms with E-state index in [1.54, 1.807) is 17.8 Å². The van der Waals surface area contributed by atoms with Crippen LogP contribution < -0.4 is 5.73 Å². The monoisotopic (exact) mass is 241 g/mol. The summed E-state index contributed by atoms with van der Waals surface area (Å²) in [6.45, 7) is 0. The summed E-state index contributed by atoms with van der Waals surface area (Å²) in [5.41, 5.74) is 5.42. The number of hydrogen-bond donors (Lipinski definition) is 1. The van der Waals surface area contributed by atoms with E-state index in [1.807, 2.05) is 0 Å². The van der Waals surface area contributed by atoms with Crippen molar-refractivity contribution in [1.29, 1.82) is 0 Å². The summed E-state index contributed by atoms with van der Waals surface area (Å²) in [7, 11) is 1.73. The highest BCUT2D eigenvalue weighted by Crippen LogP contribution is 2.30. The van der Waals surface area contributed by atoms with Gasteiger partial charge in [0.1, 0.15) is 11.6 Å². The Kier molecular flexibility index (Phi) is 2.57. The SMILES string of the molecule is Cn1cc(N)nc1-c1ccc(C(F)(F)F)cc1. The van der Waals surface area contributed by atoms with E-state index in [-0.39, 0.29) is 0 Å². The van der Waals surface area contributed by atoms with Gasteiger partial charge in [-0.2, -0.15) is 13.2 Å². The van der Waals surface area contributed by atoms with Crippen molar-refractivity contribution >= 4 is 5.82 Å². The van der Waals surface area contributed by atoms with Gasteiger partial charge in [-0.3, -0.25) is 0 Å². The number of rotatable bonds is 1. The van der Waals surface area contributed by atoms with Gasteiger partial charge in [-0.25, -0.2) is 4.98 Å². The normalized spacial score (nSPS) is 11.8. The number of aryl methyl sites for hydroxylation is 1. The zero-order valence-corrected chi connectivity index (χ0v) is 8.99. The largest absolute Gasteiger partial charge is 0.416 e. The molecule has 2 aromatic rings. The number of benzene rings is 1. The van der Waals surface area contributed by atoms with Crippen LogP contribution in [0.5, 0.6) is 0 Å². The number of nitrogens with two attached hydrogens (primary N) is 1. The van der Waals surface area contributed by atoms with E-state index in [1.165, 1.54) is 12.1 Å². The number of halogens is 3. The van der Waals surface area contributed by atoms with Crippen LogP contribution in [0.25, 0.3) is 11.4 Å². The molecule has 6 heteroatoms. The molecule has 17 heavy (non-hydrogen) atoms. The molecule has 0 unspecified atom stereocenters. The Balaban J connectivity index is 2.39. The van der Waals surface area contributed by atoms with Crippen LogP contribution in [0.15, 0.2) is 30.5 Å². The van der Waals surface area contributed by atoms with Gasteiger partial charge < -0.3 is 10.3 Å². The summed E-state index contributed by atoms with van der Waals surface area (Å²) in [6, 6.07) is 4.82. The van der Waals surface area contributed by atoms with Crippen molar-refractivity contribution in [3.63, 3.8) is 0 Å². The van der Waals surface area contributed by atoms with Crippen LogP contribution in [0.4, 0.5) is 19.0 Å². The Hall–Kier alpha value is -1.98. The zero-order chi connectivity index (χ0) is 12.6. The number of anilines is 1. The second-order valence-corrected chi connectivity index (χ2v) is 3.68. The van der Waals surface area contributed by atoms with Crippen LogP contribution in [0.2, 0.25) is 0 Å². The van der Waals surface area contributed by atoms with Crippen molar-refractivity contribution in [1.82, 2.24) is 9.55 Å². The number of aromatic nitrogens is 2. The Morgan fingerprint density at radius 3 is 2.18 bits per heavy atom. The number of hydrogen-bond acceptors (Lipinski definition) is 2. The lowest BCUT2D eigenvalue weighted by molar-refractivity contribution is -0.137. The molecular formula is C11H10F3N3. The predicted octanol–water partition coefficient (Wildman–Crippen LogP) is 2.69. The van der Waals surface area contributed by atoms with E-state index in [9.17, 15) is 13.2 Å². The fraction of sp³-hybridized carbons (Fsp3) is 0.182. The molecule has 1 heterocycles. The van der Waals surface area contributed by atoms with E-state index in [0.29, 0.717) is 17.2 Å². The van der Waals surface area contributed by atoms with Gasteiger partial charge in [-0.15, -0.1) is 0 Å². The van der Waals surface area contributed by atoms with Crippen molar-refractivity contribution in [2.24, 2.45) is 7.05 Å². The smallest absolute Gasteiger partial charge is 0.382 e. The molecule has 0 saturated carbocycles. The quantitative estimate of drug-likeness (QED) is 0.834. The van der Waals surface area contributed by atoms with E-state index >= 15 is 0 Å². The van der Waals surface area contributed by atoms with Gasteiger partial charge in [0.15, 0.2) is 0 Å². The number of nitrogen functional groups attached to an aromatic ring is 1. The van der Waals surface area contributed by atoms with Gasteiger partial charge in [0.25, 0.3) is 0 Å². The minimum absolute atomic E-state index is 0.336. The molecule has 0 saturated heterocycles. The minimum Gasteiger partial charge on any atom is -0.382 e. The minimum atomic E-state index is -4.32. The maximum Gasteiger partial charge on any atom is 0.416 e. The lowest BCUT2D eigenvalue weighted by Gasteiger charge is -2.07. The highest BCUT2D eigenvalue weighted by atomic mass is 19.4. The third-order valence-corrected chi connectivity index (χ3v) is 2.37. The second-order valence-electron chi connectivity index (χ2n) is 3.68. The predicted molar refractivity (Wildman–Crippen MR) is 58.1 cm³/mol. The first-order valence-electron chi connectivity index (χ1n) is 4.84. The molecule has 90 valence electrons. The second kappa shape index (κ2) is 3.80. The molecule has 0 aliphatic rings. The lowest BCUT2D eigenvalue weighted by Crippen LogP contribution is -2.04. The molecule has 0 fully saturated rings. The fourth-order valence-electron chi connectivity index (χ4n) is 1.57. The fourth-order valence-corrected chi connectivity index (χ4v) is 1.57. The van der Waals surface area contributed by atoms with Gasteiger partial charge in [0, 0.05) is 18.8 Å². The molecule has 0 bridgehead atoms. The van der Waals surface area contributed by atoms with Gasteiger partial charge in [-0.1, -0.05) is 12.1 Å². The molecule has 0 amide bonds. The maximum absolute atomic E-state index is 12.4. The van der Waals surface area contributed by atoms with Gasteiger partial charge in [-0.05, 0) is 12.1 Å². The molecule has 1 aromatic heterocycles. The van der Waals surface area contributed by atoms with E-state index < -0.39 is 11.7 Å². The molecule has 2 N–H and O–H groups in total. The highest BCUT2D eigenvalue weighted by molar-refractivity contribution is 5.58. The third-order valence-electron chi connectivity index (χ3n) is 2.37. The Morgan fingerprint density at radius 1 is 1.18 bits per heavy atom. The summed E-state index contributed by atoms with van der Waals surface area (Å²) in [6.07, 6.45) is -2.72. The molecule has 2 rings (SSSR count). The zero-order valence-electron chi connectivity index (χ0n) is 8.99. The van der Waals surface area contributed by atoms with Crippen LogP contribution in [-0.4, -0.2) is 9.55 Å². The first kappa shape index (κ1) is 11.5. The summed E-state index contributed by atoms with van der Waals surface area (Å²) in [5.74, 6) is 0.874.